The number of hydrogen-bond acceptors (Lipinski definition) is 5. The van der Waals surface area contributed by atoms with Crippen molar-refractivity contribution in [2.75, 3.05) is 27.3 Å². The van der Waals surface area contributed by atoms with Crippen molar-refractivity contribution >= 4 is 22.4 Å². The number of rotatable bonds is 4. The van der Waals surface area contributed by atoms with Gasteiger partial charge >= 0.3 is 0 Å². The Morgan fingerprint density at radius 3 is 2.30 bits per heavy atom. The minimum atomic E-state index is -3.56. The molecule has 132 valence electrons. The van der Waals surface area contributed by atoms with Gasteiger partial charge in [-0.05, 0) is 30.9 Å². The zero-order chi connectivity index (χ0) is 16.5. The van der Waals surface area contributed by atoms with Crippen LogP contribution in [0.2, 0.25) is 0 Å². The minimum Gasteiger partial charge on any atom is -0.493 e. The lowest BCUT2D eigenvalue weighted by Gasteiger charge is -2.34. The summed E-state index contributed by atoms with van der Waals surface area (Å²) in [5.41, 5.74) is 6.62. The number of aryl methyl sites for hydroxylation is 1. The van der Waals surface area contributed by atoms with Crippen LogP contribution in [0.3, 0.4) is 0 Å². The number of piperidine rings is 1. The molecule has 6 nitrogen and oxygen atoms in total. The number of nitrogens with two attached hydrogens (primary N) is 1. The maximum Gasteiger partial charge on any atom is 0.243 e. The summed E-state index contributed by atoms with van der Waals surface area (Å²) in [5, 5.41) is 0. The number of methoxy groups -OCH3 is 2. The number of halogens is 1. The third-order valence-corrected chi connectivity index (χ3v) is 6.24. The average Bonchev–Trinajstić information content (AvgIpc) is 2.49. The first-order chi connectivity index (χ1) is 10.3. The zero-order valence-corrected chi connectivity index (χ0v) is 15.5. The lowest BCUT2D eigenvalue weighted by atomic mass is 9.96. The number of nitrogens with zero attached hydrogens (tertiary/aromatic N) is 1. The van der Waals surface area contributed by atoms with Crippen LogP contribution in [0.1, 0.15) is 18.9 Å². The van der Waals surface area contributed by atoms with Crippen LogP contribution in [0.25, 0.3) is 0 Å². The van der Waals surface area contributed by atoms with E-state index in [1.807, 2.05) is 6.92 Å². The zero-order valence-electron chi connectivity index (χ0n) is 13.9. The Hall–Kier alpha value is -1.02. The van der Waals surface area contributed by atoms with Gasteiger partial charge in [-0.3, -0.25) is 0 Å². The molecule has 0 radical (unpaired) electrons. The third-order valence-electron chi connectivity index (χ3n) is 4.23. The van der Waals surface area contributed by atoms with E-state index in [-0.39, 0.29) is 29.3 Å². The number of benzene rings is 1. The maximum absolute atomic E-state index is 12.9. The smallest absolute Gasteiger partial charge is 0.243 e. The van der Waals surface area contributed by atoms with E-state index in [2.05, 4.69) is 0 Å². The summed E-state index contributed by atoms with van der Waals surface area (Å²) >= 11 is 0. The monoisotopic (exact) mass is 364 g/mol. The Bertz CT molecular complexity index is 651. The van der Waals surface area contributed by atoms with E-state index in [0.717, 1.165) is 0 Å². The summed E-state index contributed by atoms with van der Waals surface area (Å²) in [5.74, 6) is 1.07. The van der Waals surface area contributed by atoms with Crippen molar-refractivity contribution in [2.24, 2.45) is 11.7 Å². The molecular formula is C15H25ClN2O4S. The highest BCUT2D eigenvalue weighted by molar-refractivity contribution is 7.89. The van der Waals surface area contributed by atoms with Gasteiger partial charge in [0.05, 0.1) is 19.1 Å². The first-order valence-electron chi connectivity index (χ1n) is 7.29. The van der Waals surface area contributed by atoms with Crippen molar-refractivity contribution in [1.82, 2.24) is 4.31 Å². The fraction of sp³-hybridized carbons (Fsp3) is 0.600. The van der Waals surface area contributed by atoms with Gasteiger partial charge < -0.3 is 15.2 Å². The molecule has 1 aliphatic rings. The molecule has 2 N–H and O–H groups in total. The van der Waals surface area contributed by atoms with Crippen molar-refractivity contribution in [1.29, 1.82) is 0 Å². The van der Waals surface area contributed by atoms with E-state index in [1.54, 1.807) is 13.0 Å². The summed E-state index contributed by atoms with van der Waals surface area (Å²) < 4.78 is 37.8. The fourth-order valence-electron chi connectivity index (χ4n) is 2.72. The van der Waals surface area contributed by atoms with Crippen molar-refractivity contribution in [2.45, 2.75) is 31.2 Å². The molecule has 0 saturated carbocycles. The van der Waals surface area contributed by atoms with Gasteiger partial charge in [0.15, 0.2) is 11.5 Å². The van der Waals surface area contributed by atoms with E-state index in [0.29, 0.717) is 36.6 Å². The molecule has 23 heavy (non-hydrogen) atoms. The molecule has 0 aliphatic carbocycles. The molecule has 1 heterocycles. The predicted molar refractivity (Wildman–Crippen MR) is 92.0 cm³/mol. The van der Waals surface area contributed by atoms with E-state index < -0.39 is 10.0 Å². The van der Waals surface area contributed by atoms with Crippen LogP contribution < -0.4 is 15.2 Å². The Labute approximate surface area is 144 Å². The van der Waals surface area contributed by atoms with E-state index in [1.165, 1.54) is 24.6 Å². The summed E-state index contributed by atoms with van der Waals surface area (Å²) in [4.78, 5) is 0.257. The van der Waals surface area contributed by atoms with Gasteiger partial charge in [-0.15, -0.1) is 12.4 Å². The van der Waals surface area contributed by atoms with Gasteiger partial charge in [0.1, 0.15) is 0 Å². The van der Waals surface area contributed by atoms with E-state index in [9.17, 15) is 8.42 Å². The Kier molecular flexibility index (Phi) is 6.70. The number of sulfonamides is 1. The van der Waals surface area contributed by atoms with Crippen LogP contribution in [0.4, 0.5) is 0 Å². The maximum atomic E-state index is 12.9. The molecule has 1 aromatic rings. The number of hydrogen-bond donors (Lipinski definition) is 1. The molecule has 2 rings (SSSR count). The minimum absolute atomic E-state index is 0. The summed E-state index contributed by atoms with van der Waals surface area (Å²) in [7, 11) is -0.546. The van der Waals surface area contributed by atoms with Crippen LogP contribution in [0.5, 0.6) is 11.5 Å². The molecule has 0 amide bonds. The molecular weight excluding hydrogens is 340 g/mol. The topological polar surface area (TPSA) is 81.9 Å². The van der Waals surface area contributed by atoms with Crippen LogP contribution in [-0.4, -0.2) is 46.1 Å². The van der Waals surface area contributed by atoms with Gasteiger partial charge in [0.25, 0.3) is 0 Å². The van der Waals surface area contributed by atoms with E-state index >= 15 is 0 Å². The normalized spacial score (nSPS) is 22.3. The lowest BCUT2D eigenvalue weighted by molar-refractivity contribution is 0.250. The molecule has 1 aliphatic heterocycles. The highest BCUT2D eigenvalue weighted by Gasteiger charge is 2.33. The third kappa shape index (κ3) is 3.91. The first kappa shape index (κ1) is 20.0. The second-order valence-electron chi connectivity index (χ2n) is 5.77. The molecule has 0 spiro atoms. The van der Waals surface area contributed by atoms with Crippen LogP contribution in [0.15, 0.2) is 17.0 Å². The van der Waals surface area contributed by atoms with Gasteiger partial charge in [-0.25, -0.2) is 8.42 Å². The summed E-state index contributed by atoms with van der Waals surface area (Å²) in [6.45, 7) is 4.63. The van der Waals surface area contributed by atoms with Crippen LogP contribution in [-0.2, 0) is 10.0 Å². The molecule has 2 atom stereocenters. The quantitative estimate of drug-likeness (QED) is 0.880. The van der Waals surface area contributed by atoms with Crippen molar-refractivity contribution in [3.63, 3.8) is 0 Å². The van der Waals surface area contributed by atoms with Crippen molar-refractivity contribution in [3.8, 4) is 11.5 Å². The van der Waals surface area contributed by atoms with Gasteiger partial charge in [-0.1, -0.05) is 6.92 Å². The standard InChI is InChI=1S/C15H24N2O4S.ClH/c1-10-7-13(20-3)14(21-4)8-15(10)22(18,19)17-6-5-12(16)11(2)9-17;/h7-8,11-12H,5-6,9,16H2,1-4H3;1H. The largest absolute Gasteiger partial charge is 0.493 e. The molecule has 0 aromatic heterocycles. The average molecular weight is 365 g/mol. The van der Waals surface area contributed by atoms with Crippen LogP contribution in [0, 0.1) is 12.8 Å². The Morgan fingerprint density at radius 2 is 1.78 bits per heavy atom. The fourth-order valence-corrected chi connectivity index (χ4v) is 4.50. The molecule has 1 saturated heterocycles. The summed E-state index contributed by atoms with van der Waals surface area (Å²) in [6, 6.07) is 3.27. The number of ether oxygens (including phenoxy) is 2. The Morgan fingerprint density at radius 1 is 1.22 bits per heavy atom. The SMILES string of the molecule is COc1cc(C)c(S(=O)(=O)N2CCC(N)C(C)C2)cc1OC.Cl. The van der Waals surface area contributed by atoms with Gasteiger partial charge in [0.2, 0.25) is 10.0 Å². The van der Waals surface area contributed by atoms with Gasteiger partial charge in [-0.2, -0.15) is 4.31 Å². The Balaban J connectivity index is 0.00000264. The van der Waals surface area contributed by atoms with Crippen molar-refractivity contribution in [3.05, 3.63) is 17.7 Å². The molecule has 8 heteroatoms. The second-order valence-corrected chi connectivity index (χ2v) is 7.67. The second kappa shape index (κ2) is 7.70. The first-order valence-corrected chi connectivity index (χ1v) is 8.73. The predicted octanol–water partition coefficient (Wildman–Crippen LogP) is 1.79. The van der Waals surface area contributed by atoms with Gasteiger partial charge in [0, 0.05) is 25.2 Å². The lowest BCUT2D eigenvalue weighted by Crippen LogP contribution is -2.48. The van der Waals surface area contributed by atoms with E-state index in [4.69, 9.17) is 15.2 Å². The van der Waals surface area contributed by atoms with Crippen LogP contribution >= 0.6 is 12.4 Å². The molecule has 2 unspecified atom stereocenters. The highest BCUT2D eigenvalue weighted by atomic mass is 35.5. The summed E-state index contributed by atoms with van der Waals surface area (Å²) in [6.07, 6.45) is 0.673. The molecule has 1 aromatic carbocycles. The van der Waals surface area contributed by atoms with Crippen molar-refractivity contribution < 1.29 is 17.9 Å². The highest BCUT2D eigenvalue weighted by Crippen LogP contribution is 2.34. The molecule has 0 bridgehead atoms. The molecule has 1 fully saturated rings.